The maximum Gasteiger partial charge on any atom is 0.291 e. The Morgan fingerprint density at radius 1 is 1.00 bits per heavy atom. The first kappa shape index (κ1) is 15.5. The molecule has 4 heteroatoms. The van der Waals surface area contributed by atoms with Crippen LogP contribution in [0.25, 0.3) is 4.85 Å². The molecule has 0 amide bonds. The van der Waals surface area contributed by atoms with Crippen molar-refractivity contribution in [2.24, 2.45) is 0 Å². The van der Waals surface area contributed by atoms with Gasteiger partial charge in [-0.1, -0.05) is 30.3 Å². The zero-order chi connectivity index (χ0) is 15.4. The van der Waals surface area contributed by atoms with E-state index in [0.717, 1.165) is 58.7 Å². The lowest BCUT2D eigenvalue weighted by atomic mass is 9.95. The van der Waals surface area contributed by atoms with E-state index in [1.54, 1.807) is 0 Å². The largest absolute Gasteiger partial charge is 0.306 e. The van der Waals surface area contributed by atoms with Gasteiger partial charge >= 0.3 is 0 Å². The average molecular weight is 298 g/mol. The Kier molecular flexibility index (Phi) is 4.77. The molecule has 2 heterocycles. The predicted molar refractivity (Wildman–Crippen MR) is 89.4 cm³/mol. The van der Waals surface area contributed by atoms with Crippen LogP contribution in [0.3, 0.4) is 0 Å². The van der Waals surface area contributed by atoms with E-state index in [9.17, 15) is 0 Å². The molecule has 2 fully saturated rings. The van der Waals surface area contributed by atoms with Gasteiger partial charge in [-0.05, 0) is 12.6 Å². The molecule has 0 N–H and O–H groups in total. The van der Waals surface area contributed by atoms with Gasteiger partial charge in [0.1, 0.15) is 0 Å². The molecular weight excluding hydrogens is 272 g/mol. The first-order chi connectivity index (χ1) is 10.7. The average Bonchev–Trinajstić information content (AvgIpc) is 2.58. The Bertz CT molecular complexity index is 506. The molecule has 22 heavy (non-hydrogen) atoms. The summed E-state index contributed by atoms with van der Waals surface area (Å²) in [5.41, 5.74) is 1.15. The third-order valence-corrected chi connectivity index (χ3v) is 5.21. The Morgan fingerprint density at radius 2 is 1.64 bits per heavy atom. The number of piperidine rings is 1. The van der Waals surface area contributed by atoms with Crippen molar-refractivity contribution in [2.75, 3.05) is 46.3 Å². The Balaban J connectivity index is 1.56. The van der Waals surface area contributed by atoms with E-state index in [4.69, 9.17) is 6.57 Å². The van der Waals surface area contributed by atoms with Gasteiger partial charge in [0.15, 0.2) is 0 Å². The van der Waals surface area contributed by atoms with Crippen LogP contribution in [0.4, 0.5) is 0 Å². The first-order valence-electron chi connectivity index (χ1n) is 8.30. The van der Waals surface area contributed by atoms with Gasteiger partial charge < -0.3 is 4.90 Å². The summed E-state index contributed by atoms with van der Waals surface area (Å²) in [4.78, 5) is 11.4. The van der Waals surface area contributed by atoms with Gasteiger partial charge in [0, 0.05) is 45.8 Å². The summed E-state index contributed by atoms with van der Waals surface area (Å²) in [7, 11) is 2.16. The lowest BCUT2D eigenvalue weighted by molar-refractivity contribution is 0.0187. The summed E-state index contributed by atoms with van der Waals surface area (Å²) in [6.45, 7) is 15.1. The SMILES string of the molecule is [C-]#[N+]C1(N2CCN(Cc3ccccc3)CC2)CCN(C)CC1. The van der Waals surface area contributed by atoms with Crippen LogP contribution < -0.4 is 0 Å². The van der Waals surface area contributed by atoms with Crippen molar-refractivity contribution < 1.29 is 0 Å². The molecule has 2 aliphatic rings. The number of piperazine rings is 1. The van der Waals surface area contributed by atoms with E-state index >= 15 is 0 Å². The minimum absolute atomic E-state index is 0.231. The molecule has 118 valence electrons. The zero-order valence-electron chi connectivity index (χ0n) is 13.5. The van der Waals surface area contributed by atoms with Crippen molar-refractivity contribution in [1.29, 1.82) is 0 Å². The van der Waals surface area contributed by atoms with E-state index in [-0.39, 0.29) is 5.66 Å². The fourth-order valence-electron chi connectivity index (χ4n) is 3.64. The molecule has 2 saturated heterocycles. The monoisotopic (exact) mass is 298 g/mol. The van der Waals surface area contributed by atoms with Gasteiger partial charge in [-0.3, -0.25) is 9.74 Å². The van der Waals surface area contributed by atoms with Crippen LogP contribution in [-0.2, 0) is 6.54 Å². The highest BCUT2D eigenvalue weighted by atomic mass is 15.4. The molecule has 1 aromatic carbocycles. The van der Waals surface area contributed by atoms with E-state index in [1.165, 1.54) is 5.56 Å². The third-order valence-electron chi connectivity index (χ3n) is 5.21. The van der Waals surface area contributed by atoms with E-state index < -0.39 is 0 Å². The maximum absolute atomic E-state index is 7.73. The van der Waals surface area contributed by atoms with Crippen molar-refractivity contribution in [3.8, 4) is 0 Å². The van der Waals surface area contributed by atoms with Crippen LogP contribution in [0, 0.1) is 6.57 Å². The fourth-order valence-corrected chi connectivity index (χ4v) is 3.64. The predicted octanol–water partition coefficient (Wildman–Crippen LogP) is 2.15. The number of hydrogen-bond acceptors (Lipinski definition) is 3. The number of hydrogen-bond donors (Lipinski definition) is 0. The van der Waals surface area contributed by atoms with Crippen LogP contribution >= 0.6 is 0 Å². The van der Waals surface area contributed by atoms with Gasteiger partial charge in [0.05, 0.1) is 12.8 Å². The number of benzene rings is 1. The van der Waals surface area contributed by atoms with Gasteiger partial charge in [0.25, 0.3) is 5.66 Å². The first-order valence-corrected chi connectivity index (χ1v) is 8.30. The van der Waals surface area contributed by atoms with Crippen molar-refractivity contribution in [2.45, 2.75) is 25.0 Å². The summed E-state index contributed by atoms with van der Waals surface area (Å²) >= 11 is 0. The summed E-state index contributed by atoms with van der Waals surface area (Å²) in [6, 6.07) is 10.7. The minimum Gasteiger partial charge on any atom is -0.306 e. The highest BCUT2D eigenvalue weighted by Crippen LogP contribution is 2.31. The number of rotatable bonds is 3. The van der Waals surface area contributed by atoms with Crippen molar-refractivity contribution in [3.05, 3.63) is 47.3 Å². The van der Waals surface area contributed by atoms with E-state index in [1.807, 2.05) is 0 Å². The molecule has 0 bridgehead atoms. The maximum atomic E-state index is 7.73. The number of nitrogens with zero attached hydrogens (tertiary/aromatic N) is 4. The second kappa shape index (κ2) is 6.78. The molecule has 0 atom stereocenters. The van der Waals surface area contributed by atoms with Crippen molar-refractivity contribution in [1.82, 2.24) is 14.7 Å². The van der Waals surface area contributed by atoms with Crippen LogP contribution in [0.1, 0.15) is 18.4 Å². The molecule has 0 aliphatic carbocycles. The lowest BCUT2D eigenvalue weighted by Gasteiger charge is -2.43. The molecule has 1 aromatic rings. The highest BCUT2D eigenvalue weighted by molar-refractivity contribution is 5.14. The Morgan fingerprint density at radius 3 is 2.23 bits per heavy atom. The van der Waals surface area contributed by atoms with E-state index in [2.05, 4.69) is 56.9 Å². The number of likely N-dealkylation sites (tertiary alicyclic amines) is 1. The van der Waals surface area contributed by atoms with Crippen LogP contribution in [0.5, 0.6) is 0 Å². The normalized spacial score (nSPS) is 24.0. The smallest absolute Gasteiger partial charge is 0.291 e. The van der Waals surface area contributed by atoms with Crippen LogP contribution in [0.15, 0.2) is 30.3 Å². The quantitative estimate of drug-likeness (QED) is 0.794. The molecule has 0 saturated carbocycles. The van der Waals surface area contributed by atoms with Crippen molar-refractivity contribution in [3.63, 3.8) is 0 Å². The molecule has 3 rings (SSSR count). The zero-order valence-corrected chi connectivity index (χ0v) is 13.5. The topological polar surface area (TPSA) is 14.1 Å². The molecular formula is C18H26N4. The second-order valence-corrected chi connectivity index (χ2v) is 6.65. The Labute approximate surface area is 134 Å². The molecule has 0 aromatic heterocycles. The van der Waals surface area contributed by atoms with Crippen LogP contribution in [0.2, 0.25) is 0 Å². The summed E-state index contributed by atoms with van der Waals surface area (Å²) in [5.74, 6) is 0. The second-order valence-electron chi connectivity index (χ2n) is 6.65. The lowest BCUT2D eigenvalue weighted by Crippen LogP contribution is -2.58. The van der Waals surface area contributed by atoms with Gasteiger partial charge in [-0.25, -0.2) is 11.5 Å². The van der Waals surface area contributed by atoms with Crippen LogP contribution in [-0.4, -0.2) is 66.7 Å². The standard InChI is InChI=1S/C18H26N4/c1-19-18(8-10-20(2)11-9-18)22-14-12-21(13-15-22)16-17-6-4-3-5-7-17/h3-7H,8-16H2,2H3. The highest BCUT2D eigenvalue weighted by Gasteiger charge is 2.46. The van der Waals surface area contributed by atoms with Crippen molar-refractivity contribution >= 4 is 0 Å². The van der Waals surface area contributed by atoms with Gasteiger partial charge in [-0.15, -0.1) is 0 Å². The summed E-state index contributed by atoms with van der Waals surface area (Å²) in [6.07, 6.45) is 1.98. The Hall–Kier alpha value is -1.41. The summed E-state index contributed by atoms with van der Waals surface area (Å²) < 4.78 is 0. The fraction of sp³-hybridized carbons (Fsp3) is 0.611. The molecule has 0 radical (unpaired) electrons. The molecule has 0 unspecified atom stereocenters. The van der Waals surface area contributed by atoms with Gasteiger partial charge in [0.2, 0.25) is 0 Å². The molecule has 0 spiro atoms. The summed E-state index contributed by atoms with van der Waals surface area (Å²) in [5, 5.41) is 0. The molecule has 2 aliphatic heterocycles. The van der Waals surface area contributed by atoms with Gasteiger partial charge in [-0.2, -0.15) is 0 Å². The van der Waals surface area contributed by atoms with E-state index in [0.29, 0.717) is 0 Å². The molecule has 4 nitrogen and oxygen atoms in total. The third kappa shape index (κ3) is 3.33. The minimum atomic E-state index is -0.231.